The van der Waals surface area contributed by atoms with Crippen LogP contribution in [-0.2, 0) is 12.8 Å². The molecule has 0 saturated carbocycles. The van der Waals surface area contributed by atoms with E-state index in [1.165, 1.54) is 18.4 Å². The number of thiophene rings is 1. The van der Waals surface area contributed by atoms with Gasteiger partial charge in [0.2, 0.25) is 0 Å². The first-order valence-electron chi connectivity index (χ1n) is 7.19. The molecule has 1 nitrogen and oxygen atoms in total. The Morgan fingerprint density at radius 2 is 2.21 bits per heavy atom. The molecule has 0 amide bonds. The molecular weight excluding hydrogens is 250 g/mol. The molecule has 1 N–H and O–H groups in total. The summed E-state index contributed by atoms with van der Waals surface area (Å²) in [6, 6.07) is 11.8. The molecule has 2 heteroatoms. The first-order valence-corrected chi connectivity index (χ1v) is 8.13. The molecule has 100 valence electrons. The van der Waals surface area contributed by atoms with Crippen molar-refractivity contribution in [1.82, 2.24) is 5.32 Å². The smallest absolute Gasteiger partial charge is 0.0114 e. The van der Waals surface area contributed by atoms with Crippen LogP contribution in [0.2, 0.25) is 0 Å². The molecule has 1 aliphatic carbocycles. The molecule has 2 unspecified atom stereocenters. The fourth-order valence-corrected chi connectivity index (χ4v) is 3.82. The molecule has 2 aromatic rings. The minimum atomic E-state index is 0.609. The van der Waals surface area contributed by atoms with Gasteiger partial charge >= 0.3 is 0 Å². The van der Waals surface area contributed by atoms with Crippen molar-refractivity contribution < 1.29 is 0 Å². The van der Waals surface area contributed by atoms with Gasteiger partial charge in [-0.2, -0.15) is 11.3 Å². The molecule has 0 bridgehead atoms. The van der Waals surface area contributed by atoms with Crippen LogP contribution in [0.5, 0.6) is 0 Å². The first-order chi connectivity index (χ1) is 9.36. The van der Waals surface area contributed by atoms with Crippen molar-refractivity contribution in [1.29, 1.82) is 0 Å². The zero-order chi connectivity index (χ0) is 13.1. The maximum atomic E-state index is 3.66. The van der Waals surface area contributed by atoms with E-state index in [1.807, 2.05) is 0 Å². The molecule has 2 atom stereocenters. The van der Waals surface area contributed by atoms with Crippen LogP contribution < -0.4 is 5.32 Å². The van der Waals surface area contributed by atoms with Gasteiger partial charge in [-0.25, -0.2) is 0 Å². The van der Waals surface area contributed by atoms with Crippen LogP contribution in [0.1, 0.15) is 36.0 Å². The Morgan fingerprint density at radius 1 is 1.32 bits per heavy atom. The zero-order valence-corrected chi connectivity index (χ0v) is 12.2. The Morgan fingerprint density at radius 3 is 2.95 bits per heavy atom. The van der Waals surface area contributed by atoms with E-state index >= 15 is 0 Å². The molecule has 19 heavy (non-hydrogen) atoms. The van der Waals surface area contributed by atoms with E-state index < -0.39 is 0 Å². The van der Waals surface area contributed by atoms with Gasteiger partial charge in [0.15, 0.2) is 0 Å². The Labute approximate surface area is 119 Å². The number of nitrogens with one attached hydrogen (secondary N) is 1. The second kappa shape index (κ2) is 5.89. The molecule has 0 spiro atoms. The van der Waals surface area contributed by atoms with Crippen molar-refractivity contribution in [3.63, 3.8) is 0 Å². The monoisotopic (exact) mass is 271 g/mol. The highest BCUT2D eigenvalue weighted by atomic mass is 32.1. The standard InChI is InChI=1S/C17H21NS/c1-2-18-16(9-13-7-8-19-12-13)11-15-10-14-5-3-4-6-17(14)15/h3-8,12,15-16,18H,2,9-11H2,1H3. The van der Waals surface area contributed by atoms with Gasteiger partial charge in [-0.05, 0) is 65.2 Å². The number of hydrogen-bond donors (Lipinski definition) is 1. The summed E-state index contributed by atoms with van der Waals surface area (Å²) in [6.45, 7) is 3.26. The highest BCUT2D eigenvalue weighted by Crippen LogP contribution is 2.38. The third-order valence-corrected chi connectivity index (χ3v) is 4.82. The minimum Gasteiger partial charge on any atom is -0.314 e. The molecule has 3 rings (SSSR count). The molecule has 0 fully saturated rings. The van der Waals surface area contributed by atoms with Crippen LogP contribution in [0.25, 0.3) is 0 Å². The number of benzene rings is 1. The summed E-state index contributed by atoms with van der Waals surface area (Å²) in [6.07, 6.45) is 3.69. The Kier molecular flexibility index (Phi) is 4.00. The second-order valence-corrected chi connectivity index (χ2v) is 6.21. The Balaban J connectivity index is 1.63. The van der Waals surface area contributed by atoms with Crippen LogP contribution >= 0.6 is 11.3 Å². The van der Waals surface area contributed by atoms with Crippen LogP contribution in [0.3, 0.4) is 0 Å². The van der Waals surface area contributed by atoms with Gasteiger partial charge in [0.05, 0.1) is 0 Å². The highest BCUT2D eigenvalue weighted by Gasteiger charge is 2.27. The number of fused-ring (bicyclic) bond motifs is 1. The second-order valence-electron chi connectivity index (χ2n) is 5.43. The van der Waals surface area contributed by atoms with Gasteiger partial charge in [-0.3, -0.25) is 0 Å². The van der Waals surface area contributed by atoms with Crippen LogP contribution in [0.15, 0.2) is 41.1 Å². The van der Waals surface area contributed by atoms with Crippen LogP contribution in [0.4, 0.5) is 0 Å². The molecule has 1 aromatic heterocycles. The van der Waals surface area contributed by atoms with E-state index in [4.69, 9.17) is 0 Å². The number of likely N-dealkylation sites (N-methyl/N-ethyl adjacent to an activating group) is 1. The van der Waals surface area contributed by atoms with Crippen LogP contribution in [0, 0.1) is 0 Å². The van der Waals surface area contributed by atoms with E-state index in [2.05, 4.69) is 53.3 Å². The molecule has 0 radical (unpaired) electrons. The quantitative estimate of drug-likeness (QED) is 0.837. The number of hydrogen-bond acceptors (Lipinski definition) is 2. The van der Waals surface area contributed by atoms with Gasteiger partial charge < -0.3 is 5.32 Å². The third-order valence-electron chi connectivity index (χ3n) is 4.09. The number of rotatable bonds is 6. The third kappa shape index (κ3) is 2.90. The van der Waals surface area contributed by atoms with Crippen molar-refractivity contribution in [3.8, 4) is 0 Å². The minimum absolute atomic E-state index is 0.609. The van der Waals surface area contributed by atoms with Crippen molar-refractivity contribution in [2.75, 3.05) is 6.54 Å². The molecule has 1 aliphatic rings. The van der Waals surface area contributed by atoms with Crippen molar-refractivity contribution in [2.24, 2.45) is 0 Å². The van der Waals surface area contributed by atoms with Crippen LogP contribution in [-0.4, -0.2) is 12.6 Å². The maximum absolute atomic E-state index is 3.66. The van der Waals surface area contributed by atoms with E-state index in [0.29, 0.717) is 6.04 Å². The van der Waals surface area contributed by atoms with E-state index in [9.17, 15) is 0 Å². The summed E-state index contributed by atoms with van der Waals surface area (Å²) in [5.74, 6) is 0.763. The lowest BCUT2D eigenvalue weighted by atomic mass is 9.74. The Hall–Kier alpha value is -1.12. The zero-order valence-electron chi connectivity index (χ0n) is 11.4. The predicted octanol–water partition coefficient (Wildman–Crippen LogP) is 4.00. The fraction of sp³-hybridized carbons (Fsp3) is 0.412. The molecular formula is C17H21NS. The van der Waals surface area contributed by atoms with Gasteiger partial charge in [0.1, 0.15) is 0 Å². The maximum Gasteiger partial charge on any atom is 0.0114 e. The lowest BCUT2D eigenvalue weighted by molar-refractivity contribution is 0.422. The van der Waals surface area contributed by atoms with Gasteiger partial charge in [-0.15, -0.1) is 0 Å². The highest BCUT2D eigenvalue weighted by molar-refractivity contribution is 7.07. The topological polar surface area (TPSA) is 12.0 Å². The van der Waals surface area contributed by atoms with Crippen molar-refractivity contribution in [3.05, 3.63) is 57.8 Å². The fourth-order valence-electron chi connectivity index (χ4n) is 3.14. The van der Waals surface area contributed by atoms with Gasteiger partial charge in [0, 0.05) is 6.04 Å². The molecule has 0 saturated heterocycles. The summed E-state index contributed by atoms with van der Waals surface area (Å²) in [5.41, 5.74) is 4.61. The lowest BCUT2D eigenvalue weighted by Gasteiger charge is -2.33. The summed E-state index contributed by atoms with van der Waals surface area (Å²) < 4.78 is 0. The predicted molar refractivity (Wildman–Crippen MR) is 83.0 cm³/mol. The van der Waals surface area contributed by atoms with Gasteiger partial charge in [-0.1, -0.05) is 31.2 Å². The SMILES string of the molecule is CCNC(Cc1ccsc1)CC1Cc2ccccc21. The normalized spacial score (nSPS) is 18.7. The van der Waals surface area contributed by atoms with Crippen molar-refractivity contribution in [2.45, 2.75) is 38.1 Å². The summed E-state index contributed by atoms with van der Waals surface area (Å²) in [5, 5.41) is 8.11. The summed E-state index contributed by atoms with van der Waals surface area (Å²) in [7, 11) is 0. The van der Waals surface area contributed by atoms with E-state index in [1.54, 1.807) is 22.5 Å². The lowest BCUT2D eigenvalue weighted by Crippen LogP contribution is -2.34. The molecule has 1 aromatic carbocycles. The average Bonchev–Trinajstić information content (AvgIpc) is 2.89. The Bertz CT molecular complexity index is 518. The largest absolute Gasteiger partial charge is 0.314 e. The molecule has 1 heterocycles. The van der Waals surface area contributed by atoms with E-state index in [0.717, 1.165) is 18.9 Å². The van der Waals surface area contributed by atoms with Crippen molar-refractivity contribution >= 4 is 11.3 Å². The summed E-state index contributed by atoms with van der Waals surface area (Å²) >= 11 is 1.80. The van der Waals surface area contributed by atoms with E-state index in [-0.39, 0.29) is 0 Å². The first kappa shape index (κ1) is 12.9. The average molecular weight is 271 g/mol. The summed E-state index contributed by atoms with van der Waals surface area (Å²) in [4.78, 5) is 0. The molecule has 0 aliphatic heterocycles. The van der Waals surface area contributed by atoms with Gasteiger partial charge in [0.25, 0.3) is 0 Å².